The molecule has 7 heteroatoms. The Morgan fingerprint density at radius 2 is 1.92 bits per heavy atom. The van der Waals surface area contributed by atoms with Crippen molar-refractivity contribution in [1.29, 1.82) is 0 Å². The maximum absolute atomic E-state index is 12.6. The van der Waals surface area contributed by atoms with Crippen LogP contribution in [0.25, 0.3) is 0 Å². The van der Waals surface area contributed by atoms with E-state index in [1.807, 2.05) is 6.08 Å². The van der Waals surface area contributed by atoms with Crippen LogP contribution in [0.1, 0.15) is 12.8 Å². The molecular weight excluding hydrogens is 352 g/mol. The largest absolute Gasteiger partial charge is 0.493 e. The summed E-state index contributed by atoms with van der Waals surface area (Å²) < 4.78 is 15.9. The van der Waals surface area contributed by atoms with E-state index in [-0.39, 0.29) is 5.91 Å². The second-order valence-corrected chi connectivity index (χ2v) is 6.83. The van der Waals surface area contributed by atoms with Gasteiger partial charge in [-0.05, 0) is 18.4 Å². The van der Waals surface area contributed by atoms with Gasteiger partial charge >= 0.3 is 0 Å². The number of nitrogens with one attached hydrogen (secondary N) is 1. The first kappa shape index (κ1) is 18.4. The maximum atomic E-state index is 12.6. The van der Waals surface area contributed by atoms with Crippen LogP contribution in [0.4, 0.5) is 5.69 Å². The summed E-state index contributed by atoms with van der Waals surface area (Å²) >= 11 is 1.63. The number of thioether (sulfide) groups is 1. The first-order valence-electron chi connectivity index (χ1n) is 8.33. The van der Waals surface area contributed by atoms with E-state index in [1.54, 1.807) is 45.2 Å². The van der Waals surface area contributed by atoms with Crippen LogP contribution in [-0.2, 0) is 4.79 Å². The molecule has 3 rings (SSSR count). The quantitative estimate of drug-likeness (QED) is 0.826. The normalized spacial score (nSPS) is 18.8. The van der Waals surface area contributed by atoms with E-state index in [4.69, 9.17) is 14.2 Å². The van der Waals surface area contributed by atoms with Crippen LogP contribution in [0.15, 0.2) is 40.9 Å². The van der Waals surface area contributed by atoms with E-state index in [2.05, 4.69) is 22.5 Å². The van der Waals surface area contributed by atoms with Gasteiger partial charge in [-0.1, -0.05) is 18.2 Å². The molecule has 0 saturated carbocycles. The summed E-state index contributed by atoms with van der Waals surface area (Å²) in [6, 6.07) is 3.02. The number of allylic oxidation sites excluding steroid dienone is 3. The zero-order valence-corrected chi connectivity index (χ0v) is 15.9. The van der Waals surface area contributed by atoms with Gasteiger partial charge < -0.3 is 19.5 Å². The summed E-state index contributed by atoms with van der Waals surface area (Å²) in [7, 11) is 4.62. The number of nitrogens with zero attached hydrogens (tertiary/aromatic N) is 1. The van der Waals surface area contributed by atoms with Crippen LogP contribution >= 0.6 is 11.8 Å². The van der Waals surface area contributed by atoms with Gasteiger partial charge in [-0.3, -0.25) is 9.79 Å². The number of hydrogen-bond acceptors (Lipinski definition) is 6. The molecule has 0 radical (unpaired) electrons. The van der Waals surface area contributed by atoms with Crippen molar-refractivity contribution in [3.05, 3.63) is 35.9 Å². The molecule has 0 aromatic heterocycles. The summed E-state index contributed by atoms with van der Waals surface area (Å²) in [5.74, 6) is 1.97. The number of carbonyl (C=O) groups is 1. The van der Waals surface area contributed by atoms with E-state index in [0.29, 0.717) is 28.7 Å². The third kappa shape index (κ3) is 3.88. The number of aliphatic imine (C=N–C) groups is 1. The van der Waals surface area contributed by atoms with Crippen LogP contribution < -0.4 is 19.5 Å². The molecule has 1 amide bonds. The average molecular weight is 374 g/mol. The number of benzene rings is 1. The van der Waals surface area contributed by atoms with E-state index >= 15 is 0 Å². The molecule has 1 aliphatic heterocycles. The van der Waals surface area contributed by atoms with Crippen LogP contribution in [0, 0.1) is 0 Å². The van der Waals surface area contributed by atoms with Crippen LogP contribution in [-0.4, -0.2) is 44.1 Å². The molecule has 1 heterocycles. The third-order valence-electron chi connectivity index (χ3n) is 4.17. The highest BCUT2D eigenvalue weighted by atomic mass is 32.2. The maximum Gasteiger partial charge on any atom is 0.250 e. The number of ether oxygens (including phenoxy) is 3. The lowest BCUT2D eigenvalue weighted by Crippen LogP contribution is -2.26. The molecule has 0 saturated heterocycles. The zero-order valence-electron chi connectivity index (χ0n) is 15.1. The number of methoxy groups -OCH3 is 3. The van der Waals surface area contributed by atoms with Crippen molar-refractivity contribution >= 4 is 28.4 Å². The lowest BCUT2D eigenvalue weighted by Gasteiger charge is -2.15. The first-order valence-corrected chi connectivity index (χ1v) is 9.32. The molecule has 1 atom stereocenters. The number of amides is 1. The van der Waals surface area contributed by atoms with Gasteiger partial charge in [0.25, 0.3) is 0 Å². The number of carbonyl (C=O) groups excluding carboxylic acids is 1. The fourth-order valence-electron chi connectivity index (χ4n) is 2.84. The predicted octanol–water partition coefficient (Wildman–Crippen LogP) is 3.44. The standard InChI is InChI=1S/C19H22N2O4S/c1-23-15-9-13(10-16(24-2)17(15)25-3)20-18(22)14-11-26-19(21-14)12-7-5-4-6-8-12/h4-5,7,9-10,14H,6,8,11H2,1-3H3,(H,20,22)/t14-/m0/s1. The molecule has 0 bridgehead atoms. The monoisotopic (exact) mass is 374 g/mol. The zero-order chi connectivity index (χ0) is 18.5. The highest BCUT2D eigenvalue weighted by Crippen LogP contribution is 2.40. The SMILES string of the molecule is COc1cc(NC(=O)[C@@H]2CSC(C3=CC=CCC3)=N2)cc(OC)c1OC. The lowest BCUT2D eigenvalue weighted by atomic mass is 10.1. The second-order valence-electron chi connectivity index (χ2n) is 5.82. The summed E-state index contributed by atoms with van der Waals surface area (Å²) in [5, 5.41) is 3.87. The summed E-state index contributed by atoms with van der Waals surface area (Å²) in [5.41, 5.74) is 1.79. The molecule has 1 aromatic rings. The molecule has 6 nitrogen and oxygen atoms in total. The van der Waals surface area contributed by atoms with Gasteiger partial charge in [0.15, 0.2) is 11.5 Å². The van der Waals surface area contributed by atoms with E-state index in [1.165, 1.54) is 5.57 Å². The van der Waals surface area contributed by atoms with Crippen molar-refractivity contribution in [2.75, 3.05) is 32.4 Å². The van der Waals surface area contributed by atoms with Gasteiger partial charge in [0.2, 0.25) is 11.7 Å². The minimum Gasteiger partial charge on any atom is -0.493 e. The summed E-state index contributed by atoms with van der Waals surface area (Å²) in [6.07, 6.45) is 8.26. The van der Waals surface area contributed by atoms with E-state index in [0.717, 1.165) is 17.9 Å². The fourth-order valence-corrected chi connectivity index (χ4v) is 3.94. The topological polar surface area (TPSA) is 69.2 Å². The number of anilines is 1. The molecule has 0 spiro atoms. The Labute approximate surface area is 157 Å². The molecule has 2 aliphatic rings. The Morgan fingerprint density at radius 1 is 1.19 bits per heavy atom. The minimum atomic E-state index is -0.402. The smallest absolute Gasteiger partial charge is 0.250 e. The van der Waals surface area contributed by atoms with E-state index < -0.39 is 6.04 Å². The van der Waals surface area contributed by atoms with Crippen molar-refractivity contribution < 1.29 is 19.0 Å². The Bertz CT molecular complexity index is 761. The van der Waals surface area contributed by atoms with E-state index in [9.17, 15) is 4.79 Å². The van der Waals surface area contributed by atoms with Crippen molar-refractivity contribution in [3.63, 3.8) is 0 Å². The van der Waals surface area contributed by atoms with Gasteiger partial charge in [-0.25, -0.2) is 0 Å². The summed E-state index contributed by atoms with van der Waals surface area (Å²) in [4.78, 5) is 17.2. The molecule has 1 aliphatic carbocycles. The highest BCUT2D eigenvalue weighted by molar-refractivity contribution is 8.14. The van der Waals surface area contributed by atoms with Crippen molar-refractivity contribution in [3.8, 4) is 17.2 Å². The molecule has 26 heavy (non-hydrogen) atoms. The average Bonchev–Trinajstić information content (AvgIpc) is 3.18. The van der Waals surface area contributed by atoms with Gasteiger partial charge in [-0.2, -0.15) is 0 Å². The van der Waals surface area contributed by atoms with Crippen LogP contribution in [0.5, 0.6) is 17.2 Å². The van der Waals surface area contributed by atoms with Gasteiger partial charge in [-0.15, -0.1) is 11.8 Å². The van der Waals surface area contributed by atoms with Gasteiger partial charge in [0, 0.05) is 23.6 Å². The molecular formula is C19H22N2O4S. The Balaban J connectivity index is 1.75. The second kappa shape index (κ2) is 8.31. The number of rotatable bonds is 6. The predicted molar refractivity (Wildman–Crippen MR) is 105 cm³/mol. The summed E-state index contributed by atoms with van der Waals surface area (Å²) in [6.45, 7) is 0. The van der Waals surface area contributed by atoms with Gasteiger partial charge in [0.05, 0.1) is 26.4 Å². The fraction of sp³-hybridized carbons (Fsp3) is 0.368. The van der Waals surface area contributed by atoms with Crippen LogP contribution in [0.2, 0.25) is 0 Å². The number of hydrogen-bond donors (Lipinski definition) is 1. The molecule has 0 unspecified atom stereocenters. The minimum absolute atomic E-state index is 0.145. The van der Waals surface area contributed by atoms with Crippen molar-refractivity contribution in [2.45, 2.75) is 18.9 Å². The molecule has 1 aromatic carbocycles. The Morgan fingerprint density at radius 3 is 2.50 bits per heavy atom. The molecule has 1 N–H and O–H groups in total. The molecule has 0 fully saturated rings. The van der Waals surface area contributed by atoms with Gasteiger partial charge in [0.1, 0.15) is 6.04 Å². The van der Waals surface area contributed by atoms with Crippen molar-refractivity contribution in [1.82, 2.24) is 0 Å². The Kier molecular flexibility index (Phi) is 5.88. The third-order valence-corrected chi connectivity index (χ3v) is 5.30. The Hall–Kier alpha value is -2.41. The van der Waals surface area contributed by atoms with Crippen LogP contribution in [0.3, 0.4) is 0 Å². The molecule has 138 valence electrons. The first-order chi connectivity index (χ1) is 12.7. The highest BCUT2D eigenvalue weighted by Gasteiger charge is 2.27. The lowest BCUT2D eigenvalue weighted by molar-refractivity contribution is -0.116. The van der Waals surface area contributed by atoms with Crippen molar-refractivity contribution in [2.24, 2.45) is 4.99 Å².